The Morgan fingerprint density at radius 1 is 1.19 bits per heavy atom. The van der Waals surface area contributed by atoms with Crippen molar-refractivity contribution in [1.29, 1.82) is 0 Å². The molecule has 2 heterocycles. The van der Waals surface area contributed by atoms with E-state index in [1.165, 1.54) is 5.52 Å². The number of fused-ring (bicyclic) bond motifs is 1. The van der Waals surface area contributed by atoms with Crippen LogP contribution in [0, 0.1) is 13.8 Å². The first kappa shape index (κ1) is 18.9. The summed E-state index contributed by atoms with van der Waals surface area (Å²) in [5.41, 5.74) is 2.23. The van der Waals surface area contributed by atoms with Gasteiger partial charge in [0.2, 0.25) is 5.89 Å². The number of aryl methyl sites for hydroxylation is 3. The first-order chi connectivity index (χ1) is 13.2. The fourth-order valence-corrected chi connectivity index (χ4v) is 2.97. The van der Waals surface area contributed by atoms with Gasteiger partial charge in [-0.2, -0.15) is 4.98 Å². The number of nitrogens with one attached hydrogen (secondary N) is 2. The molecule has 0 saturated heterocycles. The molecule has 1 aromatic carbocycles. The molecule has 0 spiro atoms. The molecule has 3 rings (SSSR count). The molecule has 0 atom stereocenters. The standard InChI is InChI=1S/C19H27N7O/c1-4-20-19(22-12-10-18-23-14(2)25-27-18)21-11-7-13-26-15(3)24-16-8-5-6-9-17(16)26/h5-6,8-9H,4,7,10-13H2,1-3H3,(H2,20,21,22). The molecule has 0 fully saturated rings. The maximum absolute atomic E-state index is 5.12. The lowest BCUT2D eigenvalue weighted by Crippen LogP contribution is -2.38. The van der Waals surface area contributed by atoms with Crippen molar-refractivity contribution in [2.45, 2.75) is 40.2 Å². The van der Waals surface area contributed by atoms with Crippen LogP contribution in [0.25, 0.3) is 11.0 Å². The highest BCUT2D eigenvalue weighted by molar-refractivity contribution is 5.79. The second-order valence-electron chi connectivity index (χ2n) is 6.33. The predicted molar refractivity (Wildman–Crippen MR) is 106 cm³/mol. The molecule has 0 aliphatic carbocycles. The lowest BCUT2D eigenvalue weighted by Gasteiger charge is -2.11. The lowest BCUT2D eigenvalue weighted by molar-refractivity contribution is 0.374. The number of nitrogens with zero attached hydrogens (tertiary/aromatic N) is 5. The number of rotatable bonds is 8. The Labute approximate surface area is 159 Å². The molecule has 8 heteroatoms. The average molecular weight is 369 g/mol. The van der Waals surface area contributed by atoms with Gasteiger partial charge in [0.05, 0.1) is 11.0 Å². The van der Waals surface area contributed by atoms with Crippen LogP contribution in [-0.4, -0.2) is 45.3 Å². The molecule has 2 aromatic heterocycles. The summed E-state index contributed by atoms with van der Waals surface area (Å²) < 4.78 is 7.38. The van der Waals surface area contributed by atoms with E-state index < -0.39 is 0 Å². The molecule has 0 saturated carbocycles. The van der Waals surface area contributed by atoms with Crippen molar-refractivity contribution in [2.75, 3.05) is 19.6 Å². The van der Waals surface area contributed by atoms with Crippen molar-refractivity contribution < 1.29 is 4.52 Å². The summed E-state index contributed by atoms with van der Waals surface area (Å²) in [7, 11) is 0. The topological polar surface area (TPSA) is 93.2 Å². The van der Waals surface area contributed by atoms with E-state index in [2.05, 4.69) is 60.4 Å². The van der Waals surface area contributed by atoms with Crippen LogP contribution in [0.15, 0.2) is 33.8 Å². The number of guanidine groups is 1. The van der Waals surface area contributed by atoms with Gasteiger partial charge in [0.1, 0.15) is 5.82 Å². The Morgan fingerprint density at radius 3 is 2.81 bits per heavy atom. The minimum Gasteiger partial charge on any atom is -0.357 e. The van der Waals surface area contributed by atoms with Gasteiger partial charge in [-0.25, -0.2) is 4.98 Å². The van der Waals surface area contributed by atoms with Crippen LogP contribution >= 0.6 is 0 Å². The minimum atomic E-state index is 0.637. The molecule has 0 bridgehead atoms. The fourth-order valence-electron chi connectivity index (χ4n) is 2.97. The molecule has 0 aliphatic heterocycles. The highest BCUT2D eigenvalue weighted by atomic mass is 16.5. The number of aromatic nitrogens is 4. The molecule has 144 valence electrons. The predicted octanol–water partition coefficient (Wildman–Crippen LogP) is 2.22. The van der Waals surface area contributed by atoms with Gasteiger partial charge in [-0.15, -0.1) is 0 Å². The first-order valence-corrected chi connectivity index (χ1v) is 9.40. The zero-order valence-corrected chi connectivity index (χ0v) is 16.2. The Morgan fingerprint density at radius 2 is 2.04 bits per heavy atom. The van der Waals surface area contributed by atoms with E-state index in [0.29, 0.717) is 24.7 Å². The quantitative estimate of drug-likeness (QED) is 0.359. The van der Waals surface area contributed by atoms with Crippen LogP contribution in [0.2, 0.25) is 0 Å². The van der Waals surface area contributed by atoms with Crippen LogP contribution in [0.5, 0.6) is 0 Å². The maximum Gasteiger partial charge on any atom is 0.228 e. The average Bonchev–Trinajstić information content (AvgIpc) is 3.21. The van der Waals surface area contributed by atoms with Gasteiger partial charge < -0.3 is 19.7 Å². The van der Waals surface area contributed by atoms with Crippen molar-refractivity contribution in [3.63, 3.8) is 0 Å². The van der Waals surface area contributed by atoms with Crippen molar-refractivity contribution in [3.05, 3.63) is 41.8 Å². The normalized spacial score (nSPS) is 11.9. The molecular formula is C19H27N7O. The third-order valence-corrected chi connectivity index (χ3v) is 4.20. The highest BCUT2D eigenvalue weighted by Gasteiger charge is 2.06. The third-order valence-electron chi connectivity index (χ3n) is 4.20. The molecule has 0 unspecified atom stereocenters. The van der Waals surface area contributed by atoms with Crippen LogP contribution in [0.4, 0.5) is 0 Å². The number of aliphatic imine (C=N–C) groups is 1. The summed E-state index contributed by atoms with van der Waals surface area (Å²) in [6.07, 6.45) is 1.62. The van der Waals surface area contributed by atoms with E-state index >= 15 is 0 Å². The SMILES string of the molecule is CCNC(=NCCCn1c(C)nc2ccccc21)NCCc1nc(C)no1. The number of para-hydroxylation sites is 2. The largest absolute Gasteiger partial charge is 0.357 e. The second kappa shape index (κ2) is 9.16. The second-order valence-corrected chi connectivity index (χ2v) is 6.33. The molecule has 0 aliphatic rings. The molecule has 27 heavy (non-hydrogen) atoms. The van der Waals surface area contributed by atoms with Gasteiger partial charge >= 0.3 is 0 Å². The van der Waals surface area contributed by atoms with Crippen LogP contribution in [0.3, 0.4) is 0 Å². The van der Waals surface area contributed by atoms with Gasteiger partial charge in [0, 0.05) is 32.6 Å². The monoisotopic (exact) mass is 369 g/mol. The van der Waals surface area contributed by atoms with Gasteiger partial charge in [0.15, 0.2) is 11.8 Å². The summed E-state index contributed by atoms with van der Waals surface area (Å²) in [4.78, 5) is 13.5. The number of benzene rings is 1. The molecular weight excluding hydrogens is 342 g/mol. The van der Waals surface area contributed by atoms with Crippen molar-refractivity contribution >= 4 is 17.0 Å². The van der Waals surface area contributed by atoms with Gasteiger partial charge in [-0.05, 0) is 39.3 Å². The van der Waals surface area contributed by atoms with Crippen molar-refractivity contribution in [3.8, 4) is 0 Å². The Kier molecular flexibility index (Phi) is 6.40. The Bertz CT molecular complexity index is 896. The van der Waals surface area contributed by atoms with Crippen LogP contribution < -0.4 is 10.6 Å². The Hall–Kier alpha value is -2.90. The minimum absolute atomic E-state index is 0.637. The van der Waals surface area contributed by atoms with E-state index in [0.717, 1.165) is 43.4 Å². The number of imidazole rings is 1. The van der Waals surface area contributed by atoms with E-state index in [1.54, 1.807) is 0 Å². The van der Waals surface area contributed by atoms with Gasteiger partial charge in [-0.3, -0.25) is 4.99 Å². The summed E-state index contributed by atoms with van der Waals surface area (Å²) in [6.45, 7) is 9.07. The number of hydrogen-bond acceptors (Lipinski definition) is 5. The van der Waals surface area contributed by atoms with E-state index in [1.807, 2.05) is 19.9 Å². The van der Waals surface area contributed by atoms with Crippen LogP contribution in [-0.2, 0) is 13.0 Å². The van der Waals surface area contributed by atoms with E-state index in [-0.39, 0.29) is 0 Å². The first-order valence-electron chi connectivity index (χ1n) is 9.40. The lowest BCUT2D eigenvalue weighted by atomic mass is 10.3. The summed E-state index contributed by atoms with van der Waals surface area (Å²) in [5, 5.41) is 10.4. The Balaban J connectivity index is 1.50. The van der Waals surface area contributed by atoms with Crippen molar-refractivity contribution in [2.24, 2.45) is 4.99 Å². The summed E-state index contributed by atoms with van der Waals surface area (Å²) >= 11 is 0. The molecule has 2 N–H and O–H groups in total. The fraction of sp³-hybridized carbons (Fsp3) is 0.474. The molecule has 3 aromatic rings. The third kappa shape index (κ3) is 5.06. The highest BCUT2D eigenvalue weighted by Crippen LogP contribution is 2.15. The molecule has 0 radical (unpaired) electrons. The van der Waals surface area contributed by atoms with Gasteiger partial charge in [-0.1, -0.05) is 17.3 Å². The number of hydrogen-bond donors (Lipinski definition) is 2. The zero-order valence-electron chi connectivity index (χ0n) is 16.2. The summed E-state index contributed by atoms with van der Waals surface area (Å²) in [6, 6.07) is 8.24. The van der Waals surface area contributed by atoms with Crippen molar-refractivity contribution in [1.82, 2.24) is 30.3 Å². The summed E-state index contributed by atoms with van der Waals surface area (Å²) in [5.74, 6) is 3.15. The molecule has 8 nitrogen and oxygen atoms in total. The van der Waals surface area contributed by atoms with E-state index in [9.17, 15) is 0 Å². The smallest absolute Gasteiger partial charge is 0.228 e. The zero-order chi connectivity index (χ0) is 19.1. The maximum atomic E-state index is 5.12. The van der Waals surface area contributed by atoms with Gasteiger partial charge in [0.25, 0.3) is 0 Å². The van der Waals surface area contributed by atoms with E-state index in [4.69, 9.17) is 4.52 Å². The van der Waals surface area contributed by atoms with Crippen LogP contribution in [0.1, 0.15) is 30.9 Å². The molecule has 0 amide bonds.